The zero-order valence-corrected chi connectivity index (χ0v) is 14.9. The van der Waals surface area contributed by atoms with Gasteiger partial charge in [0.05, 0.1) is 14.2 Å². The molecule has 1 aromatic carbocycles. The molecule has 2 rings (SSSR count). The predicted molar refractivity (Wildman–Crippen MR) is 91.3 cm³/mol. The second-order valence-corrected chi connectivity index (χ2v) is 7.23. The van der Waals surface area contributed by atoms with E-state index in [9.17, 15) is 4.79 Å². The van der Waals surface area contributed by atoms with E-state index in [1.807, 2.05) is 4.90 Å². The Kier molecular flexibility index (Phi) is 5.52. The Bertz CT molecular complexity index is 521. The number of amides is 1. The van der Waals surface area contributed by atoms with Crippen LogP contribution < -0.4 is 9.47 Å². The van der Waals surface area contributed by atoms with Crippen LogP contribution in [0.3, 0.4) is 0 Å². The molecule has 5 nitrogen and oxygen atoms in total. The molecule has 0 aliphatic carbocycles. The summed E-state index contributed by atoms with van der Waals surface area (Å²) in [4.78, 5) is 17.1. The van der Waals surface area contributed by atoms with Gasteiger partial charge < -0.3 is 14.4 Å². The van der Waals surface area contributed by atoms with Crippen molar-refractivity contribution < 1.29 is 14.3 Å². The molecule has 0 atom stereocenters. The highest BCUT2D eigenvalue weighted by Crippen LogP contribution is 2.24. The first kappa shape index (κ1) is 17.6. The number of hydrogen-bond acceptors (Lipinski definition) is 4. The largest absolute Gasteiger partial charge is 0.497 e. The van der Waals surface area contributed by atoms with Gasteiger partial charge in [-0.05, 0) is 17.5 Å². The van der Waals surface area contributed by atoms with Crippen molar-refractivity contribution in [1.29, 1.82) is 0 Å². The van der Waals surface area contributed by atoms with Crippen molar-refractivity contribution >= 4 is 5.91 Å². The van der Waals surface area contributed by atoms with E-state index in [4.69, 9.17) is 9.47 Å². The molecule has 0 spiro atoms. The van der Waals surface area contributed by atoms with Gasteiger partial charge >= 0.3 is 0 Å². The van der Waals surface area contributed by atoms with Crippen molar-refractivity contribution in [3.8, 4) is 11.5 Å². The monoisotopic (exact) mass is 320 g/mol. The zero-order chi connectivity index (χ0) is 17.0. The smallest absolute Gasteiger partial charge is 0.254 e. The van der Waals surface area contributed by atoms with E-state index in [-0.39, 0.29) is 11.3 Å². The van der Waals surface area contributed by atoms with Gasteiger partial charge in [0.15, 0.2) is 0 Å². The summed E-state index contributed by atoms with van der Waals surface area (Å²) >= 11 is 0. The Labute approximate surface area is 139 Å². The number of ether oxygens (including phenoxy) is 2. The summed E-state index contributed by atoms with van der Waals surface area (Å²) in [6, 6.07) is 5.32. The van der Waals surface area contributed by atoms with E-state index < -0.39 is 0 Å². The van der Waals surface area contributed by atoms with Crippen LogP contribution in [0, 0.1) is 5.41 Å². The van der Waals surface area contributed by atoms with Gasteiger partial charge in [0, 0.05) is 44.4 Å². The molecule has 0 bridgehead atoms. The molecule has 1 fully saturated rings. The third-order valence-electron chi connectivity index (χ3n) is 3.96. The Balaban J connectivity index is 2.02. The van der Waals surface area contributed by atoms with Gasteiger partial charge in [-0.2, -0.15) is 0 Å². The normalized spacial score (nSPS) is 16.3. The topological polar surface area (TPSA) is 42.0 Å². The number of benzene rings is 1. The first-order valence-electron chi connectivity index (χ1n) is 8.07. The van der Waals surface area contributed by atoms with Gasteiger partial charge in [0.2, 0.25) is 0 Å². The van der Waals surface area contributed by atoms with E-state index in [0.717, 1.165) is 32.7 Å². The summed E-state index contributed by atoms with van der Waals surface area (Å²) in [5, 5.41) is 0. The molecule has 1 aliphatic heterocycles. The van der Waals surface area contributed by atoms with Gasteiger partial charge in [-0.3, -0.25) is 9.69 Å². The molecule has 0 unspecified atom stereocenters. The van der Waals surface area contributed by atoms with Crippen LogP contribution in [0.5, 0.6) is 11.5 Å². The van der Waals surface area contributed by atoms with Crippen molar-refractivity contribution in [1.82, 2.24) is 9.80 Å². The van der Waals surface area contributed by atoms with Crippen LogP contribution >= 0.6 is 0 Å². The number of methoxy groups -OCH3 is 2. The minimum Gasteiger partial charge on any atom is -0.497 e. The molecule has 1 amide bonds. The second-order valence-electron chi connectivity index (χ2n) is 7.23. The third-order valence-corrected chi connectivity index (χ3v) is 3.96. The van der Waals surface area contributed by atoms with E-state index in [1.165, 1.54) is 0 Å². The predicted octanol–water partition coefficient (Wildman–Crippen LogP) is 2.51. The van der Waals surface area contributed by atoms with Gasteiger partial charge in [-0.15, -0.1) is 0 Å². The molecule has 1 heterocycles. The molecule has 1 aliphatic rings. The lowest BCUT2D eigenvalue weighted by Gasteiger charge is -2.37. The van der Waals surface area contributed by atoms with Crippen LogP contribution in [0.1, 0.15) is 31.1 Å². The maximum Gasteiger partial charge on any atom is 0.254 e. The number of carbonyl (C=O) groups excluding carboxylic acids is 1. The maximum absolute atomic E-state index is 12.7. The Morgan fingerprint density at radius 1 is 1.00 bits per heavy atom. The highest BCUT2D eigenvalue weighted by Gasteiger charge is 2.25. The van der Waals surface area contributed by atoms with E-state index in [0.29, 0.717) is 17.1 Å². The first-order valence-corrected chi connectivity index (χ1v) is 8.07. The summed E-state index contributed by atoms with van der Waals surface area (Å²) in [7, 11) is 3.18. The fourth-order valence-corrected chi connectivity index (χ4v) is 2.89. The minimum absolute atomic E-state index is 0.0395. The average Bonchev–Trinajstić information content (AvgIpc) is 2.52. The molecule has 0 radical (unpaired) electrons. The molecule has 5 heteroatoms. The lowest BCUT2D eigenvalue weighted by Crippen LogP contribution is -2.50. The highest BCUT2D eigenvalue weighted by atomic mass is 16.5. The third kappa shape index (κ3) is 4.86. The maximum atomic E-state index is 12.7. The first-order chi connectivity index (χ1) is 10.8. The summed E-state index contributed by atoms with van der Waals surface area (Å²) in [6.45, 7) is 11.1. The fraction of sp³-hybridized carbons (Fsp3) is 0.611. The lowest BCUT2D eigenvalue weighted by molar-refractivity contribution is 0.0591. The quantitative estimate of drug-likeness (QED) is 0.855. The van der Waals surface area contributed by atoms with Gasteiger partial charge in [-0.25, -0.2) is 0 Å². The SMILES string of the molecule is COc1cc(OC)cc(C(=O)N2CCN(CC(C)(C)C)CC2)c1. The number of hydrogen-bond donors (Lipinski definition) is 0. The molecular weight excluding hydrogens is 292 g/mol. The van der Waals surface area contributed by atoms with Crippen LogP contribution in [0.2, 0.25) is 0 Å². The molecule has 0 aromatic heterocycles. The van der Waals surface area contributed by atoms with E-state index >= 15 is 0 Å². The summed E-state index contributed by atoms with van der Waals surface area (Å²) in [5.74, 6) is 1.32. The summed E-state index contributed by atoms with van der Waals surface area (Å²) < 4.78 is 10.5. The number of rotatable bonds is 4. The van der Waals surface area contributed by atoms with Crippen LogP contribution in [0.15, 0.2) is 18.2 Å². The molecule has 23 heavy (non-hydrogen) atoms. The lowest BCUT2D eigenvalue weighted by atomic mass is 9.96. The zero-order valence-electron chi connectivity index (χ0n) is 14.9. The Morgan fingerprint density at radius 3 is 1.96 bits per heavy atom. The molecule has 0 N–H and O–H groups in total. The number of nitrogens with zero attached hydrogens (tertiary/aromatic N) is 2. The Hall–Kier alpha value is -1.75. The van der Waals surface area contributed by atoms with E-state index in [2.05, 4.69) is 25.7 Å². The standard InChI is InChI=1S/C18H28N2O3/c1-18(2,3)13-19-6-8-20(9-7-19)17(21)14-10-15(22-4)12-16(11-14)23-5/h10-12H,6-9,13H2,1-5H3. The van der Waals surface area contributed by atoms with Crippen molar-refractivity contribution in [3.63, 3.8) is 0 Å². The molecule has 0 saturated carbocycles. The average molecular weight is 320 g/mol. The van der Waals surface area contributed by atoms with Gasteiger partial charge in [0.25, 0.3) is 5.91 Å². The van der Waals surface area contributed by atoms with Crippen LogP contribution in [-0.4, -0.2) is 62.7 Å². The highest BCUT2D eigenvalue weighted by molar-refractivity contribution is 5.95. The van der Waals surface area contributed by atoms with Crippen LogP contribution in [0.4, 0.5) is 0 Å². The van der Waals surface area contributed by atoms with Crippen molar-refractivity contribution in [2.75, 3.05) is 46.9 Å². The van der Waals surface area contributed by atoms with E-state index in [1.54, 1.807) is 32.4 Å². The van der Waals surface area contributed by atoms with Gasteiger partial charge in [-0.1, -0.05) is 20.8 Å². The molecular formula is C18H28N2O3. The number of carbonyl (C=O) groups is 1. The minimum atomic E-state index is 0.0395. The summed E-state index contributed by atoms with van der Waals surface area (Å²) in [6.07, 6.45) is 0. The molecule has 128 valence electrons. The van der Waals surface area contributed by atoms with Crippen LogP contribution in [-0.2, 0) is 0 Å². The molecule has 1 saturated heterocycles. The van der Waals surface area contributed by atoms with Gasteiger partial charge in [0.1, 0.15) is 11.5 Å². The van der Waals surface area contributed by atoms with Crippen molar-refractivity contribution in [3.05, 3.63) is 23.8 Å². The molecule has 1 aromatic rings. The Morgan fingerprint density at radius 2 is 1.52 bits per heavy atom. The van der Waals surface area contributed by atoms with Crippen LogP contribution in [0.25, 0.3) is 0 Å². The van der Waals surface area contributed by atoms with Crippen molar-refractivity contribution in [2.45, 2.75) is 20.8 Å². The second kappa shape index (κ2) is 7.21. The van der Waals surface area contributed by atoms with Crippen molar-refractivity contribution in [2.24, 2.45) is 5.41 Å². The number of piperazine rings is 1. The summed E-state index contributed by atoms with van der Waals surface area (Å²) in [5.41, 5.74) is 0.900. The fourth-order valence-electron chi connectivity index (χ4n) is 2.89.